The summed E-state index contributed by atoms with van der Waals surface area (Å²) in [6.07, 6.45) is 3.30. The maximum Gasteiger partial charge on any atom is 0.105 e. The molecule has 3 rings (SSSR count). The molecule has 2 aliphatic heterocycles. The van der Waals surface area contributed by atoms with Crippen LogP contribution in [-0.2, 0) is 26.2 Å². The van der Waals surface area contributed by atoms with E-state index in [0.717, 1.165) is 52.1 Å². The molecule has 0 N–H and O–H groups in total. The van der Waals surface area contributed by atoms with E-state index in [-0.39, 0.29) is 5.60 Å². The number of hydrogen-bond acceptors (Lipinski definition) is 5. The van der Waals surface area contributed by atoms with Crippen LogP contribution >= 0.6 is 11.3 Å². The summed E-state index contributed by atoms with van der Waals surface area (Å²) in [6, 6.07) is 2.28. The molecule has 0 saturated carbocycles. The normalized spacial score (nSPS) is 21.6. The SMILES string of the molecule is COCCOCCN1CCC2(CC1)OCCc1ccsc12. The lowest BCUT2D eigenvalue weighted by atomic mass is 9.85. The first-order valence-corrected chi connectivity index (χ1v) is 8.72. The Kier molecular flexibility index (Phi) is 5.29. The summed E-state index contributed by atoms with van der Waals surface area (Å²) in [4.78, 5) is 3.98. The van der Waals surface area contributed by atoms with Crippen molar-refractivity contribution in [3.63, 3.8) is 0 Å². The van der Waals surface area contributed by atoms with Crippen LogP contribution in [0.4, 0.5) is 0 Å². The summed E-state index contributed by atoms with van der Waals surface area (Å²) in [5.41, 5.74) is 1.53. The van der Waals surface area contributed by atoms with Crippen molar-refractivity contribution in [2.75, 3.05) is 53.2 Å². The van der Waals surface area contributed by atoms with Crippen LogP contribution in [0.5, 0.6) is 0 Å². The van der Waals surface area contributed by atoms with Gasteiger partial charge in [-0.05, 0) is 36.3 Å². The average Bonchev–Trinajstić information content (AvgIpc) is 2.99. The van der Waals surface area contributed by atoms with Gasteiger partial charge in [-0.25, -0.2) is 0 Å². The fraction of sp³-hybridized carbons (Fsp3) is 0.750. The molecular formula is C16H25NO3S. The topological polar surface area (TPSA) is 30.9 Å². The highest BCUT2D eigenvalue weighted by Crippen LogP contribution is 2.43. The molecule has 1 aromatic rings. The van der Waals surface area contributed by atoms with Gasteiger partial charge in [-0.15, -0.1) is 11.3 Å². The molecule has 0 amide bonds. The van der Waals surface area contributed by atoms with Crippen LogP contribution in [-0.4, -0.2) is 58.1 Å². The summed E-state index contributed by atoms with van der Waals surface area (Å²) in [5.74, 6) is 0. The van der Waals surface area contributed by atoms with E-state index in [4.69, 9.17) is 14.2 Å². The second kappa shape index (κ2) is 7.20. The average molecular weight is 311 g/mol. The minimum Gasteiger partial charge on any atom is -0.382 e. The molecule has 3 heterocycles. The van der Waals surface area contributed by atoms with Gasteiger partial charge in [0.25, 0.3) is 0 Å². The van der Waals surface area contributed by atoms with Crippen molar-refractivity contribution in [1.82, 2.24) is 4.90 Å². The first-order valence-electron chi connectivity index (χ1n) is 7.84. The van der Waals surface area contributed by atoms with E-state index in [1.807, 2.05) is 11.3 Å². The number of nitrogens with zero attached hydrogens (tertiary/aromatic N) is 1. The third-order valence-corrected chi connectivity index (χ3v) is 5.70. The lowest BCUT2D eigenvalue weighted by Gasteiger charge is -2.43. The maximum atomic E-state index is 6.23. The Morgan fingerprint density at radius 2 is 2.14 bits per heavy atom. The number of methoxy groups -OCH3 is 1. The van der Waals surface area contributed by atoms with E-state index in [9.17, 15) is 0 Å². The molecule has 1 saturated heterocycles. The molecular weight excluding hydrogens is 286 g/mol. The van der Waals surface area contributed by atoms with E-state index in [1.165, 1.54) is 10.4 Å². The highest BCUT2D eigenvalue weighted by molar-refractivity contribution is 7.10. The molecule has 1 spiro atoms. The Hall–Kier alpha value is -0.460. The molecule has 5 heteroatoms. The van der Waals surface area contributed by atoms with Crippen LogP contribution in [0.2, 0.25) is 0 Å². The van der Waals surface area contributed by atoms with Gasteiger partial charge in [-0.2, -0.15) is 0 Å². The van der Waals surface area contributed by atoms with E-state index in [2.05, 4.69) is 16.3 Å². The first-order chi connectivity index (χ1) is 10.3. The summed E-state index contributed by atoms with van der Waals surface area (Å²) in [5, 5.41) is 2.22. The fourth-order valence-corrected chi connectivity index (χ4v) is 4.47. The quantitative estimate of drug-likeness (QED) is 0.754. The zero-order valence-electron chi connectivity index (χ0n) is 12.8. The molecule has 0 atom stereocenters. The van der Waals surface area contributed by atoms with Crippen LogP contribution in [0.3, 0.4) is 0 Å². The Balaban J connectivity index is 1.48. The van der Waals surface area contributed by atoms with Gasteiger partial charge < -0.3 is 19.1 Å². The number of rotatable bonds is 6. The van der Waals surface area contributed by atoms with Crippen LogP contribution in [0, 0.1) is 0 Å². The molecule has 0 aliphatic carbocycles. The number of fused-ring (bicyclic) bond motifs is 2. The largest absolute Gasteiger partial charge is 0.382 e. The summed E-state index contributed by atoms with van der Waals surface area (Å²) in [6.45, 7) is 6.26. The molecule has 21 heavy (non-hydrogen) atoms. The van der Waals surface area contributed by atoms with Crippen molar-refractivity contribution in [1.29, 1.82) is 0 Å². The predicted octanol–water partition coefficient (Wildman–Crippen LogP) is 2.27. The van der Waals surface area contributed by atoms with Gasteiger partial charge >= 0.3 is 0 Å². The van der Waals surface area contributed by atoms with Crippen molar-refractivity contribution in [3.05, 3.63) is 21.9 Å². The van der Waals surface area contributed by atoms with Crippen LogP contribution < -0.4 is 0 Å². The predicted molar refractivity (Wildman–Crippen MR) is 84.0 cm³/mol. The van der Waals surface area contributed by atoms with Gasteiger partial charge in [0, 0.05) is 31.6 Å². The van der Waals surface area contributed by atoms with Crippen molar-refractivity contribution < 1.29 is 14.2 Å². The fourth-order valence-electron chi connectivity index (χ4n) is 3.30. The Bertz CT molecular complexity index is 440. The Morgan fingerprint density at radius 3 is 2.95 bits per heavy atom. The monoisotopic (exact) mass is 311 g/mol. The lowest BCUT2D eigenvalue weighted by Crippen LogP contribution is -2.46. The smallest absolute Gasteiger partial charge is 0.105 e. The van der Waals surface area contributed by atoms with Crippen molar-refractivity contribution in [2.24, 2.45) is 0 Å². The number of thiophene rings is 1. The van der Waals surface area contributed by atoms with Gasteiger partial charge in [0.05, 0.1) is 26.4 Å². The third-order valence-electron chi connectivity index (χ3n) is 4.56. The minimum absolute atomic E-state index is 0.00909. The van der Waals surface area contributed by atoms with E-state index >= 15 is 0 Å². The minimum atomic E-state index is 0.00909. The summed E-state index contributed by atoms with van der Waals surface area (Å²) < 4.78 is 16.8. The third kappa shape index (κ3) is 3.48. The van der Waals surface area contributed by atoms with Gasteiger partial charge in [-0.3, -0.25) is 0 Å². The maximum absolute atomic E-state index is 6.23. The zero-order valence-corrected chi connectivity index (χ0v) is 13.6. The second-order valence-electron chi connectivity index (χ2n) is 5.81. The van der Waals surface area contributed by atoms with Gasteiger partial charge in [0.2, 0.25) is 0 Å². The molecule has 1 aromatic heterocycles. The van der Waals surface area contributed by atoms with Gasteiger partial charge in [0.1, 0.15) is 5.60 Å². The molecule has 0 radical (unpaired) electrons. The van der Waals surface area contributed by atoms with E-state index in [1.54, 1.807) is 7.11 Å². The number of likely N-dealkylation sites (tertiary alicyclic amines) is 1. The molecule has 1 fully saturated rings. The molecule has 4 nitrogen and oxygen atoms in total. The number of ether oxygens (including phenoxy) is 3. The molecule has 0 unspecified atom stereocenters. The van der Waals surface area contributed by atoms with Crippen molar-refractivity contribution in [3.8, 4) is 0 Å². The van der Waals surface area contributed by atoms with Crippen LogP contribution in [0.1, 0.15) is 23.3 Å². The molecule has 118 valence electrons. The van der Waals surface area contributed by atoms with E-state index in [0.29, 0.717) is 13.2 Å². The summed E-state index contributed by atoms with van der Waals surface area (Å²) >= 11 is 1.88. The zero-order chi connectivity index (χ0) is 14.5. The first kappa shape index (κ1) is 15.4. The molecule has 0 aromatic carbocycles. The Morgan fingerprint density at radius 1 is 1.29 bits per heavy atom. The van der Waals surface area contributed by atoms with Crippen LogP contribution in [0.15, 0.2) is 11.4 Å². The number of hydrogen-bond donors (Lipinski definition) is 0. The van der Waals surface area contributed by atoms with Crippen LogP contribution in [0.25, 0.3) is 0 Å². The van der Waals surface area contributed by atoms with Gasteiger partial charge in [0.15, 0.2) is 0 Å². The number of piperidine rings is 1. The second-order valence-corrected chi connectivity index (χ2v) is 6.73. The summed E-state index contributed by atoms with van der Waals surface area (Å²) in [7, 11) is 1.70. The Labute approximate surface area is 131 Å². The molecule has 0 bridgehead atoms. The standard InChI is InChI=1S/C16H25NO3S/c1-18-11-12-19-10-8-17-6-4-16(5-7-17)15-14(2-9-20-16)3-13-21-15/h3,13H,2,4-12H2,1H3. The van der Waals surface area contributed by atoms with Gasteiger partial charge in [-0.1, -0.05) is 0 Å². The van der Waals surface area contributed by atoms with Crippen molar-refractivity contribution in [2.45, 2.75) is 24.9 Å². The van der Waals surface area contributed by atoms with E-state index < -0.39 is 0 Å². The molecule has 2 aliphatic rings. The highest BCUT2D eigenvalue weighted by atomic mass is 32.1. The highest BCUT2D eigenvalue weighted by Gasteiger charge is 2.41. The van der Waals surface area contributed by atoms with Crippen molar-refractivity contribution >= 4 is 11.3 Å². The lowest BCUT2D eigenvalue weighted by molar-refractivity contribution is -0.0969.